The summed E-state index contributed by atoms with van der Waals surface area (Å²) in [5.41, 5.74) is 2.12. The summed E-state index contributed by atoms with van der Waals surface area (Å²) in [7, 11) is 0. The molecule has 4 nitrogen and oxygen atoms in total. The fraction of sp³-hybridized carbons (Fsp3) is 0.400. The van der Waals surface area contributed by atoms with Gasteiger partial charge in [0.05, 0.1) is 5.39 Å². The van der Waals surface area contributed by atoms with Crippen LogP contribution in [0.25, 0.3) is 10.2 Å². The first-order valence-corrected chi connectivity index (χ1v) is 9.76. The van der Waals surface area contributed by atoms with Gasteiger partial charge in [0.25, 0.3) is 5.56 Å². The number of aryl methyl sites for hydroxylation is 4. The number of nitrogens with zero attached hydrogens (tertiary/aromatic N) is 2. The molecule has 0 spiro atoms. The summed E-state index contributed by atoms with van der Waals surface area (Å²) in [6.07, 6.45) is 1.76. The average Bonchev–Trinajstić information content (AvgIpc) is 3.00. The zero-order valence-electron chi connectivity index (χ0n) is 12.7. The number of hydrogen-bond acceptors (Lipinski definition) is 6. The van der Waals surface area contributed by atoms with Crippen LogP contribution < -0.4 is 5.56 Å². The van der Waals surface area contributed by atoms with E-state index in [4.69, 9.17) is 0 Å². The van der Waals surface area contributed by atoms with E-state index in [1.165, 1.54) is 4.88 Å². The van der Waals surface area contributed by atoms with Crippen LogP contribution in [0.1, 0.15) is 28.4 Å². The van der Waals surface area contributed by atoms with Crippen molar-refractivity contribution in [2.24, 2.45) is 0 Å². The van der Waals surface area contributed by atoms with Gasteiger partial charge in [-0.3, -0.25) is 4.79 Å². The predicted octanol–water partition coefficient (Wildman–Crippen LogP) is 4.09. The van der Waals surface area contributed by atoms with Crippen LogP contribution in [0.5, 0.6) is 0 Å². The second-order valence-corrected chi connectivity index (χ2v) is 8.59. The number of aromatic amines is 1. The molecule has 1 N–H and O–H groups in total. The van der Waals surface area contributed by atoms with Gasteiger partial charge in [-0.2, -0.15) is 0 Å². The maximum Gasteiger partial charge on any atom is 0.259 e. The third kappa shape index (κ3) is 3.26. The minimum Gasteiger partial charge on any atom is -0.310 e. The van der Waals surface area contributed by atoms with Crippen LogP contribution in [0.15, 0.2) is 14.5 Å². The summed E-state index contributed by atoms with van der Waals surface area (Å²) in [6.45, 7) is 6.03. The Balaban J connectivity index is 1.65. The Morgan fingerprint density at radius 2 is 2.09 bits per heavy atom. The van der Waals surface area contributed by atoms with E-state index in [9.17, 15) is 4.79 Å². The number of rotatable bonds is 5. The zero-order valence-corrected chi connectivity index (χ0v) is 15.2. The highest BCUT2D eigenvalue weighted by Crippen LogP contribution is 2.26. The van der Waals surface area contributed by atoms with Crippen molar-refractivity contribution in [2.75, 3.05) is 5.75 Å². The van der Waals surface area contributed by atoms with Crippen molar-refractivity contribution in [3.05, 3.63) is 37.7 Å². The number of fused-ring (bicyclic) bond motifs is 1. The molecule has 116 valence electrons. The molecule has 0 saturated carbocycles. The molecule has 3 rings (SSSR count). The molecule has 3 heterocycles. The molecule has 0 aromatic carbocycles. The molecule has 0 unspecified atom stereocenters. The minimum absolute atomic E-state index is 0.00921. The van der Waals surface area contributed by atoms with Crippen molar-refractivity contribution in [3.8, 4) is 0 Å². The van der Waals surface area contributed by atoms with Gasteiger partial charge in [0.2, 0.25) is 0 Å². The number of nitrogens with one attached hydrogen (secondary N) is 1. The Morgan fingerprint density at radius 1 is 1.27 bits per heavy atom. The molecule has 0 aliphatic heterocycles. The largest absolute Gasteiger partial charge is 0.310 e. The normalized spacial score (nSPS) is 11.4. The van der Waals surface area contributed by atoms with Gasteiger partial charge in [0.15, 0.2) is 0 Å². The van der Waals surface area contributed by atoms with Crippen molar-refractivity contribution in [1.29, 1.82) is 0 Å². The van der Waals surface area contributed by atoms with Crippen LogP contribution >= 0.6 is 34.4 Å². The Hall–Kier alpha value is -1.18. The van der Waals surface area contributed by atoms with Gasteiger partial charge in [0.1, 0.15) is 15.0 Å². The Morgan fingerprint density at radius 3 is 2.82 bits per heavy atom. The molecule has 7 heteroatoms. The molecule has 3 aromatic heterocycles. The number of hydrogen-bond donors (Lipinski definition) is 1. The second kappa shape index (κ2) is 6.52. The van der Waals surface area contributed by atoms with Gasteiger partial charge in [0, 0.05) is 28.1 Å². The molecule has 3 aromatic rings. The monoisotopic (exact) mass is 351 g/mol. The van der Waals surface area contributed by atoms with Crippen LogP contribution in [-0.2, 0) is 6.42 Å². The van der Waals surface area contributed by atoms with Crippen LogP contribution in [0.3, 0.4) is 0 Å². The van der Waals surface area contributed by atoms with E-state index < -0.39 is 0 Å². The molecule has 0 fully saturated rings. The lowest BCUT2D eigenvalue weighted by molar-refractivity contribution is 0.845. The van der Waals surface area contributed by atoms with Crippen molar-refractivity contribution in [1.82, 2.24) is 15.0 Å². The quantitative estimate of drug-likeness (QED) is 0.555. The number of H-pyrrole nitrogens is 1. The van der Waals surface area contributed by atoms with Gasteiger partial charge in [-0.15, -0.1) is 22.7 Å². The molecule has 0 radical (unpaired) electrons. The van der Waals surface area contributed by atoms with E-state index in [1.54, 1.807) is 34.4 Å². The first-order chi connectivity index (χ1) is 10.5. The summed E-state index contributed by atoms with van der Waals surface area (Å²) in [5, 5.41) is 2.82. The highest BCUT2D eigenvalue weighted by atomic mass is 32.2. The summed E-state index contributed by atoms with van der Waals surface area (Å²) < 4.78 is 1.11. The van der Waals surface area contributed by atoms with Crippen molar-refractivity contribution < 1.29 is 0 Å². The fourth-order valence-corrected chi connectivity index (χ4v) is 5.12. The lowest BCUT2D eigenvalue weighted by atomic mass is 10.2. The van der Waals surface area contributed by atoms with Gasteiger partial charge in [-0.05, 0) is 32.8 Å². The SMILES string of the molecule is Cc1csc(SCCCc2nc3sc(C)c(C)c3c(=O)[nH]2)n1. The second-order valence-electron chi connectivity index (χ2n) is 5.18. The summed E-state index contributed by atoms with van der Waals surface area (Å²) in [6, 6.07) is 0. The smallest absolute Gasteiger partial charge is 0.259 e. The van der Waals surface area contributed by atoms with Crippen LogP contribution in [0.4, 0.5) is 0 Å². The highest BCUT2D eigenvalue weighted by Gasteiger charge is 2.11. The Kier molecular flexibility index (Phi) is 4.65. The van der Waals surface area contributed by atoms with Gasteiger partial charge in [-0.25, -0.2) is 9.97 Å². The maximum atomic E-state index is 12.2. The lowest BCUT2D eigenvalue weighted by Crippen LogP contribution is -2.11. The van der Waals surface area contributed by atoms with E-state index in [1.807, 2.05) is 20.8 Å². The predicted molar refractivity (Wildman–Crippen MR) is 95.6 cm³/mol. The van der Waals surface area contributed by atoms with E-state index >= 15 is 0 Å². The molecule has 0 aliphatic carbocycles. The van der Waals surface area contributed by atoms with Crippen molar-refractivity contribution in [2.45, 2.75) is 38.0 Å². The molecule has 0 amide bonds. The third-order valence-electron chi connectivity index (χ3n) is 3.47. The lowest BCUT2D eigenvalue weighted by Gasteiger charge is -2.01. The molecule has 0 saturated heterocycles. The van der Waals surface area contributed by atoms with Crippen molar-refractivity contribution in [3.63, 3.8) is 0 Å². The Labute approximate surface area is 141 Å². The molecular formula is C15H17N3OS3. The number of aromatic nitrogens is 3. The third-order valence-corrected chi connectivity index (χ3v) is 6.80. The zero-order chi connectivity index (χ0) is 15.7. The van der Waals surface area contributed by atoms with Crippen LogP contribution in [0, 0.1) is 20.8 Å². The first kappa shape index (κ1) is 15.7. The maximum absolute atomic E-state index is 12.2. The molecule has 0 bridgehead atoms. The van der Waals surface area contributed by atoms with E-state index in [0.717, 1.165) is 50.2 Å². The first-order valence-electron chi connectivity index (χ1n) is 7.08. The Bertz CT molecular complexity index is 863. The molecule has 22 heavy (non-hydrogen) atoms. The van der Waals surface area contributed by atoms with Gasteiger partial charge >= 0.3 is 0 Å². The van der Waals surface area contributed by atoms with Crippen LogP contribution in [-0.4, -0.2) is 20.7 Å². The van der Waals surface area contributed by atoms with Crippen molar-refractivity contribution >= 4 is 44.7 Å². The van der Waals surface area contributed by atoms with Gasteiger partial charge in [-0.1, -0.05) is 11.8 Å². The summed E-state index contributed by atoms with van der Waals surface area (Å²) in [5.74, 6) is 1.77. The number of thiophene rings is 1. The topological polar surface area (TPSA) is 58.6 Å². The summed E-state index contributed by atoms with van der Waals surface area (Å²) in [4.78, 5) is 26.2. The van der Waals surface area contributed by atoms with E-state index in [2.05, 4.69) is 20.3 Å². The average molecular weight is 352 g/mol. The molecule has 0 atom stereocenters. The molecular weight excluding hydrogens is 334 g/mol. The fourth-order valence-electron chi connectivity index (χ4n) is 2.22. The van der Waals surface area contributed by atoms with E-state index in [-0.39, 0.29) is 5.56 Å². The standard InChI is InChI=1S/C15H17N3OS3/c1-8-7-21-15(16-8)20-6-4-5-11-17-13(19)12-9(2)10(3)22-14(12)18-11/h7H,4-6H2,1-3H3,(H,17,18,19). The summed E-state index contributed by atoms with van der Waals surface area (Å²) >= 11 is 5.05. The molecule has 0 aliphatic rings. The number of thioether (sulfide) groups is 1. The van der Waals surface area contributed by atoms with Crippen LogP contribution in [0.2, 0.25) is 0 Å². The number of thiazole rings is 1. The van der Waals surface area contributed by atoms with Gasteiger partial charge < -0.3 is 4.98 Å². The minimum atomic E-state index is -0.00921. The highest BCUT2D eigenvalue weighted by molar-refractivity contribution is 8.00. The van der Waals surface area contributed by atoms with E-state index in [0.29, 0.717) is 0 Å².